The summed E-state index contributed by atoms with van der Waals surface area (Å²) in [5.74, 6) is -0.706. The number of carboxylic acid groups (broad SMARTS) is 1. The number of anilines is 1. The molecule has 2 aliphatic rings. The van der Waals surface area contributed by atoms with E-state index in [2.05, 4.69) is 34.2 Å². The minimum atomic E-state index is -0.777. The monoisotopic (exact) mass is 558 g/mol. The summed E-state index contributed by atoms with van der Waals surface area (Å²) in [6, 6.07) is 25.6. The Balaban J connectivity index is 1.28. The van der Waals surface area contributed by atoms with Gasteiger partial charge in [0.1, 0.15) is 18.4 Å². The number of ether oxygens (including phenoxy) is 1. The number of aromatic nitrogens is 1. The standard InChI is InChI=1S/C34H30N4O4/c35-17-23-15-24(19-36-18-23)22-42-32-16-26(9-10-27(32)20-37-13-11-28(21-37)34(40)41)33(39)38-14-12-30-29(7-4-8-31(30)38)25-5-2-1-3-6-25/h1-10,15-16,18-19,28H,11-14,20-22H2,(H,40,41)/t28-/m0/s1. The van der Waals surface area contributed by atoms with Crippen LogP contribution in [0.1, 0.15) is 39.0 Å². The molecular formula is C34H30N4O4. The van der Waals surface area contributed by atoms with Crippen molar-refractivity contribution < 1.29 is 19.4 Å². The highest BCUT2D eigenvalue weighted by atomic mass is 16.5. The Hall–Kier alpha value is -5.00. The molecule has 2 aliphatic heterocycles. The Morgan fingerprint density at radius 2 is 1.88 bits per heavy atom. The van der Waals surface area contributed by atoms with Gasteiger partial charge in [-0.15, -0.1) is 0 Å². The first-order valence-corrected chi connectivity index (χ1v) is 14.0. The number of likely N-dealkylation sites (tertiary alicyclic amines) is 1. The number of rotatable bonds is 8. The lowest BCUT2D eigenvalue weighted by molar-refractivity contribution is -0.141. The molecule has 0 spiro atoms. The molecule has 1 saturated heterocycles. The van der Waals surface area contributed by atoms with Crippen molar-refractivity contribution in [1.29, 1.82) is 5.26 Å². The van der Waals surface area contributed by atoms with Gasteiger partial charge in [-0.05, 0) is 60.3 Å². The summed E-state index contributed by atoms with van der Waals surface area (Å²) in [6.07, 6.45) is 4.53. The van der Waals surface area contributed by atoms with E-state index in [1.165, 1.54) is 6.20 Å². The molecular weight excluding hydrogens is 528 g/mol. The topological polar surface area (TPSA) is 107 Å². The van der Waals surface area contributed by atoms with Crippen LogP contribution >= 0.6 is 0 Å². The molecule has 3 heterocycles. The smallest absolute Gasteiger partial charge is 0.307 e. The predicted octanol–water partition coefficient (Wildman–Crippen LogP) is 5.31. The second-order valence-corrected chi connectivity index (χ2v) is 10.7. The van der Waals surface area contributed by atoms with Crippen molar-refractivity contribution in [2.75, 3.05) is 24.5 Å². The number of fused-ring (bicyclic) bond motifs is 1. The zero-order valence-electron chi connectivity index (χ0n) is 23.1. The average Bonchev–Trinajstić information content (AvgIpc) is 3.68. The van der Waals surface area contributed by atoms with Gasteiger partial charge in [0.2, 0.25) is 0 Å². The minimum Gasteiger partial charge on any atom is -0.488 e. The fourth-order valence-corrected chi connectivity index (χ4v) is 5.85. The van der Waals surface area contributed by atoms with Crippen LogP contribution < -0.4 is 9.64 Å². The largest absolute Gasteiger partial charge is 0.488 e. The normalized spacial score (nSPS) is 16.2. The maximum absolute atomic E-state index is 13.9. The van der Waals surface area contributed by atoms with Crippen molar-refractivity contribution in [2.45, 2.75) is 26.0 Å². The maximum Gasteiger partial charge on any atom is 0.307 e. The van der Waals surface area contributed by atoms with E-state index in [0.717, 1.165) is 39.9 Å². The first-order valence-electron chi connectivity index (χ1n) is 14.0. The molecule has 1 aromatic heterocycles. The van der Waals surface area contributed by atoms with Crippen molar-refractivity contribution in [2.24, 2.45) is 5.92 Å². The van der Waals surface area contributed by atoms with Gasteiger partial charge in [-0.1, -0.05) is 48.5 Å². The van der Waals surface area contributed by atoms with Crippen LogP contribution in [0, 0.1) is 17.2 Å². The van der Waals surface area contributed by atoms with Crippen LogP contribution in [0.4, 0.5) is 5.69 Å². The van der Waals surface area contributed by atoms with Gasteiger partial charge in [-0.25, -0.2) is 0 Å². The van der Waals surface area contributed by atoms with Crippen molar-refractivity contribution >= 4 is 17.6 Å². The summed E-state index contributed by atoms with van der Waals surface area (Å²) in [5.41, 5.74) is 6.93. The van der Waals surface area contributed by atoms with Crippen LogP contribution in [-0.4, -0.2) is 46.5 Å². The Kier molecular flexibility index (Phi) is 7.67. The molecule has 1 atom stereocenters. The number of nitrogens with zero attached hydrogens (tertiary/aromatic N) is 4. The van der Waals surface area contributed by atoms with Gasteiger partial charge < -0.3 is 14.7 Å². The first-order chi connectivity index (χ1) is 20.5. The molecule has 1 N–H and O–H groups in total. The Morgan fingerprint density at radius 3 is 2.67 bits per heavy atom. The highest BCUT2D eigenvalue weighted by Crippen LogP contribution is 2.37. The lowest BCUT2D eigenvalue weighted by Gasteiger charge is -2.21. The molecule has 0 aliphatic carbocycles. The Labute approximate surface area is 244 Å². The molecule has 8 heteroatoms. The number of nitriles is 1. The van der Waals surface area contributed by atoms with Gasteiger partial charge >= 0.3 is 5.97 Å². The fourth-order valence-electron chi connectivity index (χ4n) is 5.85. The second-order valence-electron chi connectivity index (χ2n) is 10.7. The number of aliphatic carboxylic acids is 1. The summed E-state index contributed by atoms with van der Waals surface area (Å²) in [4.78, 5) is 33.4. The quantitative estimate of drug-likeness (QED) is 0.312. The van der Waals surface area contributed by atoms with Gasteiger partial charge in [0, 0.05) is 54.4 Å². The van der Waals surface area contributed by atoms with E-state index in [1.54, 1.807) is 18.3 Å². The van der Waals surface area contributed by atoms with Crippen LogP contribution in [0.25, 0.3) is 11.1 Å². The Bertz CT molecular complexity index is 1680. The molecule has 1 fully saturated rings. The number of carbonyl (C=O) groups excluding carboxylic acids is 1. The molecule has 3 aromatic carbocycles. The molecule has 6 rings (SSSR count). The number of hydrogen-bond donors (Lipinski definition) is 1. The Morgan fingerprint density at radius 1 is 1.02 bits per heavy atom. The van der Waals surface area contributed by atoms with Crippen LogP contribution in [0.2, 0.25) is 0 Å². The third-order valence-electron chi connectivity index (χ3n) is 8.01. The molecule has 0 bridgehead atoms. The molecule has 8 nitrogen and oxygen atoms in total. The van der Waals surface area contributed by atoms with E-state index in [4.69, 9.17) is 4.74 Å². The summed E-state index contributed by atoms with van der Waals surface area (Å²) >= 11 is 0. The number of carboxylic acids is 1. The SMILES string of the molecule is N#Cc1cncc(COc2cc(C(=O)N3CCc4c(-c5ccccc5)cccc43)ccc2CN2CC[C@H](C(=O)O)C2)c1. The van der Waals surface area contributed by atoms with Crippen molar-refractivity contribution in [3.05, 3.63) is 113 Å². The first kappa shape index (κ1) is 27.2. The average molecular weight is 559 g/mol. The minimum absolute atomic E-state index is 0.101. The zero-order valence-corrected chi connectivity index (χ0v) is 23.1. The molecule has 4 aromatic rings. The van der Waals surface area contributed by atoms with Gasteiger partial charge in [0.25, 0.3) is 5.91 Å². The van der Waals surface area contributed by atoms with Crippen LogP contribution in [0.5, 0.6) is 5.75 Å². The maximum atomic E-state index is 13.9. The summed E-state index contributed by atoms with van der Waals surface area (Å²) in [7, 11) is 0. The summed E-state index contributed by atoms with van der Waals surface area (Å²) in [5, 5.41) is 18.7. The van der Waals surface area contributed by atoms with Crippen LogP contribution in [0.3, 0.4) is 0 Å². The van der Waals surface area contributed by atoms with E-state index in [-0.39, 0.29) is 18.4 Å². The third-order valence-corrected chi connectivity index (χ3v) is 8.01. The highest BCUT2D eigenvalue weighted by molar-refractivity contribution is 6.08. The van der Waals surface area contributed by atoms with Gasteiger partial charge in [-0.2, -0.15) is 5.26 Å². The van der Waals surface area contributed by atoms with Crippen LogP contribution in [-0.2, 0) is 24.4 Å². The number of amides is 1. The summed E-state index contributed by atoms with van der Waals surface area (Å²) in [6.45, 7) is 2.43. The van der Waals surface area contributed by atoms with Crippen LogP contribution in [0.15, 0.2) is 85.2 Å². The molecule has 210 valence electrons. The van der Waals surface area contributed by atoms with Crippen molar-refractivity contribution in [1.82, 2.24) is 9.88 Å². The number of benzene rings is 3. The lowest BCUT2D eigenvalue weighted by atomic mass is 9.98. The summed E-state index contributed by atoms with van der Waals surface area (Å²) < 4.78 is 6.24. The molecule has 42 heavy (non-hydrogen) atoms. The molecule has 1 amide bonds. The van der Waals surface area contributed by atoms with Crippen molar-refractivity contribution in [3.8, 4) is 22.9 Å². The fraction of sp³-hybridized carbons (Fsp3) is 0.235. The van der Waals surface area contributed by atoms with E-state index < -0.39 is 5.97 Å². The molecule has 0 radical (unpaired) electrons. The third kappa shape index (κ3) is 5.60. The van der Waals surface area contributed by atoms with Gasteiger partial charge in [0.05, 0.1) is 11.5 Å². The van der Waals surface area contributed by atoms with E-state index in [1.807, 2.05) is 47.4 Å². The van der Waals surface area contributed by atoms with Crippen molar-refractivity contribution in [3.63, 3.8) is 0 Å². The number of pyridine rings is 1. The molecule has 0 saturated carbocycles. The van der Waals surface area contributed by atoms with Gasteiger partial charge in [-0.3, -0.25) is 19.5 Å². The molecule has 0 unspecified atom stereocenters. The number of carbonyl (C=O) groups is 2. The zero-order chi connectivity index (χ0) is 29.1. The van der Waals surface area contributed by atoms with E-state index in [0.29, 0.717) is 49.5 Å². The van der Waals surface area contributed by atoms with Gasteiger partial charge in [0.15, 0.2) is 0 Å². The van der Waals surface area contributed by atoms with E-state index in [9.17, 15) is 20.0 Å². The lowest BCUT2D eigenvalue weighted by Crippen LogP contribution is -2.29. The second kappa shape index (κ2) is 11.9. The predicted molar refractivity (Wildman–Crippen MR) is 158 cm³/mol. The highest BCUT2D eigenvalue weighted by Gasteiger charge is 2.30. The number of hydrogen-bond acceptors (Lipinski definition) is 6. The van der Waals surface area contributed by atoms with E-state index >= 15 is 0 Å².